The van der Waals surface area contributed by atoms with E-state index in [-0.39, 0.29) is 0 Å². The molecule has 1 aliphatic heterocycles. The monoisotopic (exact) mass is 215 g/mol. The second-order valence-electron chi connectivity index (χ2n) is 5.43. The summed E-state index contributed by atoms with van der Waals surface area (Å²) in [6, 6.07) is 0. The van der Waals surface area contributed by atoms with Crippen molar-refractivity contribution in [2.75, 3.05) is 31.6 Å². The van der Waals surface area contributed by atoms with Gasteiger partial charge < -0.3 is 5.11 Å². The molecule has 1 aliphatic carbocycles. The SMILES string of the molecule is CSCC(C)(O)CN1CC2(CCC2)C1. The van der Waals surface area contributed by atoms with Crippen LogP contribution >= 0.6 is 11.8 Å². The van der Waals surface area contributed by atoms with Crippen LogP contribution in [0.25, 0.3) is 0 Å². The van der Waals surface area contributed by atoms with Crippen molar-refractivity contribution in [2.24, 2.45) is 5.41 Å². The van der Waals surface area contributed by atoms with E-state index in [9.17, 15) is 5.11 Å². The number of hydrogen-bond donors (Lipinski definition) is 1. The highest BCUT2D eigenvalue weighted by Gasteiger charge is 2.48. The van der Waals surface area contributed by atoms with Gasteiger partial charge in [-0.05, 0) is 31.4 Å². The molecule has 0 radical (unpaired) electrons. The third-order valence-electron chi connectivity index (χ3n) is 3.55. The molecule has 0 aromatic rings. The number of β-amino-alcohol motifs (C(OH)–C–C–N with tert-alkyl or cyclic N) is 1. The summed E-state index contributed by atoms with van der Waals surface area (Å²) in [4.78, 5) is 2.41. The van der Waals surface area contributed by atoms with E-state index in [1.165, 1.54) is 32.4 Å². The van der Waals surface area contributed by atoms with E-state index in [1.54, 1.807) is 11.8 Å². The zero-order chi connectivity index (χ0) is 10.2. The van der Waals surface area contributed by atoms with Crippen LogP contribution in [0.2, 0.25) is 0 Å². The van der Waals surface area contributed by atoms with Crippen LogP contribution in [0, 0.1) is 5.41 Å². The molecule has 82 valence electrons. The lowest BCUT2D eigenvalue weighted by molar-refractivity contribution is -0.0908. The van der Waals surface area contributed by atoms with Gasteiger partial charge in [0.25, 0.3) is 0 Å². The fourth-order valence-corrected chi connectivity index (χ4v) is 3.56. The van der Waals surface area contributed by atoms with Gasteiger partial charge in [-0.3, -0.25) is 4.90 Å². The Bertz CT molecular complexity index is 205. The third kappa shape index (κ3) is 2.10. The summed E-state index contributed by atoms with van der Waals surface area (Å²) in [6.07, 6.45) is 6.33. The van der Waals surface area contributed by atoms with Gasteiger partial charge in [-0.1, -0.05) is 6.42 Å². The number of thioether (sulfide) groups is 1. The van der Waals surface area contributed by atoms with E-state index in [1.807, 2.05) is 6.92 Å². The molecule has 1 N–H and O–H groups in total. The highest BCUT2D eigenvalue weighted by atomic mass is 32.2. The second kappa shape index (κ2) is 3.69. The molecular weight excluding hydrogens is 194 g/mol. The molecule has 0 amide bonds. The smallest absolute Gasteiger partial charge is 0.0835 e. The molecule has 1 saturated carbocycles. The molecule has 0 aromatic heterocycles. The van der Waals surface area contributed by atoms with Crippen molar-refractivity contribution in [1.82, 2.24) is 4.90 Å². The quantitative estimate of drug-likeness (QED) is 0.770. The van der Waals surface area contributed by atoms with Crippen LogP contribution in [0.15, 0.2) is 0 Å². The van der Waals surface area contributed by atoms with Gasteiger partial charge in [-0.25, -0.2) is 0 Å². The summed E-state index contributed by atoms with van der Waals surface area (Å²) in [5, 5.41) is 10.0. The molecule has 0 bridgehead atoms. The van der Waals surface area contributed by atoms with Crippen LogP contribution in [-0.4, -0.2) is 47.3 Å². The Kier molecular flexibility index (Phi) is 2.84. The lowest BCUT2D eigenvalue weighted by Crippen LogP contribution is -2.62. The summed E-state index contributed by atoms with van der Waals surface area (Å²) in [5.41, 5.74) is 0.195. The summed E-state index contributed by atoms with van der Waals surface area (Å²) < 4.78 is 0. The van der Waals surface area contributed by atoms with Crippen LogP contribution in [0.4, 0.5) is 0 Å². The number of rotatable bonds is 4. The van der Waals surface area contributed by atoms with Gasteiger partial charge >= 0.3 is 0 Å². The predicted molar refractivity (Wildman–Crippen MR) is 61.7 cm³/mol. The topological polar surface area (TPSA) is 23.5 Å². The lowest BCUT2D eigenvalue weighted by atomic mass is 9.63. The maximum Gasteiger partial charge on any atom is 0.0835 e. The van der Waals surface area contributed by atoms with Crippen molar-refractivity contribution < 1.29 is 5.11 Å². The van der Waals surface area contributed by atoms with Gasteiger partial charge in [0.1, 0.15) is 0 Å². The van der Waals surface area contributed by atoms with E-state index in [0.29, 0.717) is 5.41 Å². The maximum absolute atomic E-state index is 10.0. The minimum atomic E-state index is -0.495. The molecular formula is C11H21NOS. The maximum atomic E-state index is 10.0. The van der Waals surface area contributed by atoms with Gasteiger partial charge in [-0.2, -0.15) is 11.8 Å². The Morgan fingerprint density at radius 3 is 2.50 bits per heavy atom. The Balaban J connectivity index is 1.72. The van der Waals surface area contributed by atoms with Gasteiger partial charge in [0.15, 0.2) is 0 Å². The molecule has 1 atom stereocenters. The Morgan fingerprint density at radius 1 is 1.43 bits per heavy atom. The molecule has 0 aromatic carbocycles. The first-order chi connectivity index (χ1) is 6.55. The van der Waals surface area contributed by atoms with Crippen LogP contribution in [-0.2, 0) is 0 Å². The first-order valence-electron chi connectivity index (χ1n) is 5.49. The van der Waals surface area contributed by atoms with Crippen molar-refractivity contribution in [1.29, 1.82) is 0 Å². The number of hydrogen-bond acceptors (Lipinski definition) is 3. The average molecular weight is 215 g/mol. The van der Waals surface area contributed by atoms with Crippen molar-refractivity contribution in [2.45, 2.75) is 31.8 Å². The average Bonchev–Trinajstić information content (AvgIpc) is 1.91. The number of aliphatic hydroxyl groups is 1. The van der Waals surface area contributed by atoms with Gasteiger partial charge in [0.05, 0.1) is 5.60 Å². The molecule has 2 fully saturated rings. The highest BCUT2D eigenvalue weighted by Crippen LogP contribution is 2.48. The molecule has 1 heterocycles. The normalized spacial score (nSPS) is 29.4. The molecule has 1 unspecified atom stereocenters. The van der Waals surface area contributed by atoms with E-state index < -0.39 is 5.60 Å². The Morgan fingerprint density at radius 2 is 2.07 bits per heavy atom. The van der Waals surface area contributed by atoms with E-state index in [4.69, 9.17) is 0 Å². The molecule has 1 spiro atoms. The third-order valence-corrected chi connectivity index (χ3v) is 4.46. The van der Waals surface area contributed by atoms with E-state index in [2.05, 4.69) is 11.2 Å². The first kappa shape index (κ1) is 10.8. The first-order valence-corrected chi connectivity index (χ1v) is 6.88. The van der Waals surface area contributed by atoms with E-state index in [0.717, 1.165) is 12.3 Å². The summed E-state index contributed by atoms with van der Waals surface area (Å²) in [6.45, 7) is 5.28. The highest BCUT2D eigenvalue weighted by molar-refractivity contribution is 7.98. The number of likely N-dealkylation sites (tertiary alicyclic amines) is 1. The minimum absolute atomic E-state index is 0.495. The van der Waals surface area contributed by atoms with Crippen LogP contribution in [0.3, 0.4) is 0 Å². The molecule has 2 nitrogen and oxygen atoms in total. The van der Waals surface area contributed by atoms with Crippen molar-refractivity contribution in [3.8, 4) is 0 Å². The second-order valence-corrected chi connectivity index (χ2v) is 6.29. The van der Waals surface area contributed by atoms with Crippen LogP contribution in [0.1, 0.15) is 26.2 Å². The van der Waals surface area contributed by atoms with Gasteiger partial charge in [0, 0.05) is 25.4 Å². The van der Waals surface area contributed by atoms with Gasteiger partial charge in [0.2, 0.25) is 0 Å². The summed E-state index contributed by atoms with van der Waals surface area (Å²) in [7, 11) is 0. The predicted octanol–water partition coefficient (Wildman–Crippen LogP) is 1.59. The molecule has 2 aliphatic rings. The molecule has 3 heteroatoms. The lowest BCUT2D eigenvalue weighted by Gasteiger charge is -2.57. The van der Waals surface area contributed by atoms with Crippen molar-refractivity contribution in [3.05, 3.63) is 0 Å². The van der Waals surface area contributed by atoms with Gasteiger partial charge in [-0.15, -0.1) is 0 Å². The largest absolute Gasteiger partial charge is 0.388 e. The fourth-order valence-electron chi connectivity index (χ4n) is 2.85. The number of nitrogens with zero attached hydrogens (tertiary/aromatic N) is 1. The molecule has 2 rings (SSSR count). The van der Waals surface area contributed by atoms with Crippen molar-refractivity contribution in [3.63, 3.8) is 0 Å². The minimum Gasteiger partial charge on any atom is -0.388 e. The summed E-state index contributed by atoms with van der Waals surface area (Å²) in [5.74, 6) is 0.844. The fraction of sp³-hybridized carbons (Fsp3) is 1.00. The Labute approximate surface area is 91.1 Å². The molecule has 1 saturated heterocycles. The summed E-state index contributed by atoms with van der Waals surface area (Å²) >= 11 is 1.73. The van der Waals surface area contributed by atoms with Crippen molar-refractivity contribution >= 4 is 11.8 Å². The standard InChI is InChI=1S/C11H21NOS/c1-10(13,9-14-2)6-12-7-11(8-12)4-3-5-11/h13H,3-9H2,1-2H3. The Hall–Kier alpha value is 0.270. The van der Waals surface area contributed by atoms with E-state index >= 15 is 0 Å². The zero-order valence-corrected chi connectivity index (χ0v) is 10.1. The van der Waals surface area contributed by atoms with Crippen LogP contribution in [0.5, 0.6) is 0 Å². The molecule has 14 heavy (non-hydrogen) atoms. The zero-order valence-electron chi connectivity index (χ0n) is 9.25. The van der Waals surface area contributed by atoms with Crippen LogP contribution < -0.4 is 0 Å².